The van der Waals surface area contributed by atoms with Gasteiger partial charge in [0, 0.05) is 6.54 Å². The zero-order valence-electron chi connectivity index (χ0n) is 19.8. The predicted molar refractivity (Wildman–Crippen MR) is 121 cm³/mol. The number of rotatable bonds is 7. The maximum atomic E-state index is 12.7. The van der Waals surface area contributed by atoms with Crippen LogP contribution in [0.2, 0.25) is 0 Å². The minimum absolute atomic E-state index is 0.170. The Kier molecular flexibility index (Phi) is 11.7. The summed E-state index contributed by atoms with van der Waals surface area (Å²) in [4.78, 5) is 62.4. The number of carbonyl (C=O) groups excluding carboxylic acids is 5. The van der Waals surface area contributed by atoms with Crippen LogP contribution in [0.25, 0.3) is 0 Å². The van der Waals surface area contributed by atoms with Crippen molar-refractivity contribution in [2.24, 2.45) is 11.8 Å². The van der Waals surface area contributed by atoms with E-state index in [1.807, 2.05) is 13.8 Å². The molecule has 1 saturated heterocycles. The van der Waals surface area contributed by atoms with Crippen LogP contribution in [0.15, 0.2) is 12.2 Å². The van der Waals surface area contributed by atoms with Crippen LogP contribution in [0.3, 0.4) is 0 Å². The summed E-state index contributed by atoms with van der Waals surface area (Å²) in [7, 11) is 0. The Bertz CT molecular complexity index is 719. The molecular weight excluding hydrogens is 412 g/mol. The van der Waals surface area contributed by atoms with Crippen LogP contribution >= 0.6 is 0 Å². The van der Waals surface area contributed by atoms with E-state index in [1.54, 1.807) is 6.08 Å². The number of Topliss-reactive ketones (excluding diaryl/α,β-unsaturated/α-hetero) is 1. The Balaban J connectivity index is 2.92. The molecule has 0 spiro atoms. The molecule has 4 unspecified atom stereocenters. The van der Waals surface area contributed by atoms with Crippen LogP contribution in [0, 0.1) is 11.8 Å². The second-order valence-corrected chi connectivity index (χ2v) is 8.80. The Morgan fingerprint density at radius 1 is 1.12 bits per heavy atom. The van der Waals surface area contributed by atoms with Crippen LogP contribution in [0.1, 0.15) is 66.7 Å². The average molecular weight is 451 g/mol. The molecule has 0 aromatic heterocycles. The van der Waals surface area contributed by atoms with Crippen LogP contribution in [0.5, 0.6) is 0 Å². The summed E-state index contributed by atoms with van der Waals surface area (Å²) >= 11 is 0. The molecule has 4 N–H and O–H groups in total. The minimum Gasteiger partial charge on any atom is -0.354 e. The number of hydrogen-bond donors (Lipinski definition) is 4. The largest absolute Gasteiger partial charge is 0.354 e. The Hall–Kier alpha value is -2.71. The normalized spacial score (nSPS) is 24.6. The third-order valence-corrected chi connectivity index (χ3v) is 5.54. The molecule has 1 rings (SSSR count). The van der Waals surface area contributed by atoms with E-state index < -0.39 is 41.6 Å². The first kappa shape index (κ1) is 27.3. The van der Waals surface area contributed by atoms with Gasteiger partial charge in [-0.05, 0) is 50.5 Å². The number of nitrogens with one attached hydrogen (secondary N) is 4. The van der Waals surface area contributed by atoms with Gasteiger partial charge in [0.05, 0.1) is 6.04 Å². The summed E-state index contributed by atoms with van der Waals surface area (Å²) in [5.41, 5.74) is 0. The lowest BCUT2D eigenvalue weighted by Gasteiger charge is -2.23. The van der Waals surface area contributed by atoms with E-state index in [4.69, 9.17) is 0 Å². The van der Waals surface area contributed by atoms with Crippen molar-refractivity contribution in [2.75, 3.05) is 6.54 Å². The third kappa shape index (κ3) is 9.20. The highest BCUT2D eigenvalue weighted by Crippen LogP contribution is 2.09. The van der Waals surface area contributed by atoms with E-state index >= 15 is 0 Å². The van der Waals surface area contributed by atoms with Crippen molar-refractivity contribution in [3.05, 3.63) is 12.2 Å². The van der Waals surface area contributed by atoms with Crippen LogP contribution in [-0.4, -0.2) is 54.1 Å². The lowest BCUT2D eigenvalue weighted by atomic mass is 9.97. The fourth-order valence-electron chi connectivity index (χ4n) is 3.23. The summed E-state index contributed by atoms with van der Waals surface area (Å²) in [5, 5.41) is 10.4. The smallest absolute Gasteiger partial charge is 0.290 e. The first-order valence-corrected chi connectivity index (χ1v) is 11.5. The molecule has 0 bridgehead atoms. The van der Waals surface area contributed by atoms with Gasteiger partial charge in [0.2, 0.25) is 23.5 Å². The van der Waals surface area contributed by atoms with Crippen molar-refractivity contribution in [1.82, 2.24) is 21.3 Å². The van der Waals surface area contributed by atoms with Gasteiger partial charge in [0.25, 0.3) is 5.91 Å². The highest BCUT2D eigenvalue weighted by atomic mass is 16.2. The standard InChI is InChI=1S/C23H38N4O5/c1-6-15(4)19-22(31)24-13-9-11-17(26-18(28)12-8-7-10-14(2)3)21(30)25-16(5)20(29)23(32)27-19/h8,12,14-17,19H,6-7,9-11,13H2,1-5H3,(H,24,31)(H,25,30)(H,26,28)(H,27,32). The van der Waals surface area contributed by atoms with Gasteiger partial charge in [-0.25, -0.2) is 0 Å². The third-order valence-electron chi connectivity index (χ3n) is 5.54. The molecule has 9 heteroatoms. The second-order valence-electron chi connectivity index (χ2n) is 8.80. The van der Waals surface area contributed by atoms with Crippen molar-refractivity contribution in [2.45, 2.75) is 84.8 Å². The molecule has 1 aliphatic rings. The zero-order chi connectivity index (χ0) is 24.3. The molecule has 1 aliphatic heterocycles. The summed E-state index contributed by atoms with van der Waals surface area (Å²) in [6.07, 6.45) is 6.21. The lowest BCUT2D eigenvalue weighted by molar-refractivity contribution is -0.141. The van der Waals surface area contributed by atoms with Gasteiger partial charge in [-0.15, -0.1) is 0 Å². The molecule has 4 atom stereocenters. The molecule has 4 amide bonds. The quantitative estimate of drug-likeness (QED) is 0.339. The van der Waals surface area contributed by atoms with Gasteiger partial charge in [-0.1, -0.05) is 40.2 Å². The highest BCUT2D eigenvalue weighted by Gasteiger charge is 2.32. The Labute approximate surface area is 190 Å². The van der Waals surface area contributed by atoms with Crippen molar-refractivity contribution in [1.29, 1.82) is 0 Å². The number of amides is 4. The van der Waals surface area contributed by atoms with E-state index in [0.717, 1.165) is 12.8 Å². The molecular formula is C23H38N4O5. The fraction of sp³-hybridized carbons (Fsp3) is 0.696. The van der Waals surface area contributed by atoms with Crippen LogP contribution in [0.4, 0.5) is 0 Å². The summed E-state index contributed by atoms with van der Waals surface area (Å²) in [5.74, 6) is -2.75. The topological polar surface area (TPSA) is 133 Å². The van der Waals surface area contributed by atoms with E-state index in [2.05, 4.69) is 35.1 Å². The van der Waals surface area contributed by atoms with E-state index in [1.165, 1.54) is 13.0 Å². The SMILES string of the molecule is CCC(C)C1NC(=O)C(=O)C(C)NC(=O)C(NC(=O)C=CCCC(C)C)CCCNC1=O. The lowest BCUT2D eigenvalue weighted by Crippen LogP contribution is -2.55. The number of ketones is 1. The molecule has 32 heavy (non-hydrogen) atoms. The maximum absolute atomic E-state index is 12.7. The Morgan fingerprint density at radius 3 is 2.44 bits per heavy atom. The van der Waals surface area contributed by atoms with E-state index in [0.29, 0.717) is 18.8 Å². The fourth-order valence-corrected chi connectivity index (χ4v) is 3.23. The first-order valence-electron chi connectivity index (χ1n) is 11.5. The predicted octanol–water partition coefficient (Wildman–Crippen LogP) is 0.978. The van der Waals surface area contributed by atoms with E-state index in [-0.39, 0.29) is 24.8 Å². The number of carbonyl (C=O) groups is 5. The molecule has 0 saturated carbocycles. The van der Waals surface area contributed by atoms with Gasteiger partial charge in [0.15, 0.2) is 0 Å². The molecule has 180 valence electrons. The van der Waals surface area contributed by atoms with Gasteiger partial charge < -0.3 is 21.3 Å². The zero-order valence-corrected chi connectivity index (χ0v) is 19.8. The molecule has 0 aromatic rings. The molecule has 0 aromatic carbocycles. The van der Waals surface area contributed by atoms with Crippen molar-refractivity contribution >= 4 is 29.4 Å². The molecule has 0 aliphatic carbocycles. The number of allylic oxidation sites excluding steroid dienone is 1. The van der Waals surface area contributed by atoms with Gasteiger partial charge in [0.1, 0.15) is 12.1 Å². The molecule has 0 radical (unpaired) electrons. The van der Waals surface area contributed by atoms with Gasteiger partial charge in [-0.3, -0.25) is 24.0 Å². The summed E-state index contributed by atoms with van der Waals surface area (Å²) in [6.45, 7) is 9.58. The summed E-state index contributed by atoms with van der Waals surface area (Å²) < 4.78 is 0. The average Bonchev–Trinajstić information content (AvgIpc) is 2.75. The maximum Gasteiger partial charge on any atom is 0.290 e. The monoisotopic (exact) mass is 450 g/mol. The van der Waals surface area contributed by atoms with E-state index in [9.17, 15) is 24.0 Å². The van der Waals surface area contributed by atoms with Crippen LogP contribution < -0.4 is 21.3 Å². The molecule has 1 heterocycles. The van der Waals surface area contributed by atoms with Crippen molar-refractivity contribution in [3.8, 4) is 0 Å². The summed E-state index contributed by atoms with van der Waals surface area (Å²) in [6, 6.07) is -2.82. The van der Waals surface area contributed by atoms with Crippen LogP contribution in [-0.2, 0) is 24.0 Å². The number of hydrogen-bond acceptors (Lipinski definition) is 5. The molecule has 1 fully saturated rings. The van der Waals surface area contributed by atoms with Gasteiger partial charge in [-0.2, -0.15) is 0 Å². The molecule has 9 nitrogen and oxygen atoms in total. The van der Waals surface area contributed by atoms with Crippen molar-refractivity contribution in [3.63, 3.8) is 0 Å². The van der Waals surface area contributed by atoms with Gasteiger partial charge >= 0.3 is 0 Å². The van der Waals surface area contributed by atoms with Crippen molar-refractivity contribution < 1.29 is 24.0 Å². The highest BCUT2D eigenvalue weighted by molar-refractivity contribution is 6.38. The Morgan fingerprint density at radius 2 is 1.81 bits per heavy atom. The minimum atomic E-state index is -1.09. The first-order chi connectivity index (χ1) is 15.1. The second kappa shape index (κ2) is 13.6.